The van der Waals surface area contributed by atoms with Crippen LogP contribution < -0.4 is 5.32 Å². The molecule has 1 aliphatic heterocycles. The van der Waals surface area contributed by atoms with Crippen LogP contribution in [0, 0.1) is 0 Å². The average molecular weight is 280 g/mol. The van der Waals surface area contributed by atoms with Crippen molar-refractivity contribution in [1.29, 1.82) is 0 Å². The van der Waals surface area contributed by atoms with Gasteiger partial charge in [0.2, 0.25) is 0 Å². The number of hydrogen-bond donors (Lipinski definition) is 1. The Bertz CT molecular complexity index is 604. The normalized spacial score (nSPS) is 21.3. The fourth-order valence-electron chi connectivity index (χ4n) is 3.17. The van der Waals surface area contributed by atoms with Gasteiger partial charge in [-0.1, -0.05) is 39.0 Å². The Morgan fingerprint density at radius 2 is 1.95 bits per heavy atom. The van der Waals surface area contributed by atoms with Gasteiger partial charge in [0, 0.05) is 18.4 Å². The largest absolute Gasteiger partial charge is 0.303 e. The van der Waals surface area contributed by atoms with E-state index in [2.05, 4.69) is 61.4 Å². The van der Waals surface area contributed by atoms with Crippen molar-refractivity contribution in [3.05, 3.63) is 65.0 Å². The molecule has 2 heteroatoms. The zero-order valence-electron chi connectivity index (χ0n) is 13.1. The summed E-state index contributed by atoms with van der Waals surface area (Å²) in [6, 6.07) is 12.1. The van der Waals surface area contributed by atoms with Gasteiger partial charge in [-0.3, -0.25) is 4.98 Å². The van der Waals surface area contributed by atoms with Crippen molar-refractivity contribution in [2.24, 2.45) is 0 Å². The molecule has 0 spiro atoms. The van der Waals surface area contributed by atoms with Crippen LogP contribution in [0.1, 0.15) is 61.4 Å². The minimum atomic E-state index is 0.292. The van der Waals surface area contributed by atoms with E-state index >= 15 is 0 Å². The van der Waals surface area contributed by atoms with E-state index in [0.29, 0.717) is 18.0 Å². The van der Waals surface area contributed by atoms with E-state index < -0.39 is 0 Å². The first-order chi connectivity index (χ1) is 10.2. The van der Waals surface area contributed by atoms with Gasteiger partial charge in [0.25, 0.3) is 0 Å². The van der Waals surface area contributed by atoms with Crippen LogP contribution >= 0.6 is 0 Å². The van der Waals surface area contributed by atoms with Gasteiger partial charge in [-0.25, -0.2) is 0 Å². The highest BCUT2D eigenvalue weighted by Crippen LogP contribution is 2.33. The summed E-state index contributed by atoms with van der Waals surface area (Å²) in [4.78, 5) is 4.15. The molecule has 0 amide bonds. The van der Waals surface area contributed by atoms with Crippen molar-refractivity contribution < 1.29 is 0 Å². The summed E-state index contributed by atoms with van der Waals surface area (Å²) < 4.78 is 0. The van der Waals surface area contributed by atoms with Crippen molar-refractivity contribution in [2.45, 2.75) is 51.6 Å². The molecule has 1 aliphatic rings. The average Bonchev–Trinajstić information content (AvgIpc) is 2.54. The van der Waals surface area contributed by atoms with Crippen molar-refractivity contribution in [2.75, 3.05) is 0 Å². The molecule has 2 unspecified atom stereocenters. The fraction of sp³-hybridized carbons (Fsp3) is 0.421. The van der Waals surface area contributed by atoms with Crippen LogP contribution in [0.3, 0.4) is 0 Å². The van der Waals surface area contributed by atoms with Gasteiger partial charge in [0.15, 0.2) is 0 Å². The Balaban J connectivity index is 2.06. The van der Waals surface area contributed by atoms with E-state index in [1.54, 1.807) is 0 Å². The van der Waals surface area contributed by atoms with Crippen molar-refractivity contribution in [3.63, 3.8) is 0 Å². The summed E-state index contributed by atoms with van der Waals surface area (Å²) in [5.74, 6) is 0.567. The lowest BCUT2D eigenvalue weighted by Crippen LogP contribution is -2.39. The van der Waals surface area contributed by atoms with Crippen LogP contribution in [0.2, 0.25) is 0 Å². The Morgan fingerprint density at radius 3 is 2.62 bits per heavy atom. The predicted octanol–water partition coefficient (Wildman–Crippen LogP) is 4.22. The van der Waals surface area contributed by atoms with Gasteiger partial charge in [0.1, 0.15) is 0 Å². The van der Waals surface area contributed by atoms with Crippen molar-refractivity contribution in [3.8, 4) is 0 Å². The number of benzene rings is 1. The monoisotopic (exact) mass is 280 g/mol. The van der Waals surface area contributed by atoms with Crippen LogP contribution in [-0.2, 0) is 6.42 Å². The zero-order valence-corrected chi connectivity index (χ0v) is 13.1. The van der Waals surface area contributed by atoms with Gasteiger partial charge in [0.05, 0.1) is 6.04 Å². The number of rotatable bonds is 3. The summed E-state index contributed by atoms with van der Waals surface area (Å²) in [5.41, 5.74) is 5.67. The molecule has 2 aromatic rings. The van der Waals surface area contributed by atoms with Crippen molar-refractivity contribution in [1.82, 2.24) is 10.3 Å². The lowest BCUT2D eigenvalue weighted by atomic mass is 9.84. The quantitative estimate of drug-likeness (QED) is 0.910. The highest BCUT2D eigenvalue weighted by molar-refractivity contribution is 5.42. The Morgan fingerprint density at radius 1 is 1.19 bits per heavy atom. The first-order valence-electron chi connectivity index (χ1n) is 7.97. The van der Waals surface area contributed by atoms with E-state index in [1.807, 2.05) is 12.4 Å². The minimum absolute atomic E-state index is 0.292. The van der Waals surface area contributed by atoms with Crippen LogP contribution in [0.5, 0.6) is 0 Å². The maximum Gasteiger partial charge on any atom is 0.0582 e. The Labute approximate surface area is 127 Å². The van der Waals surface area contributed by atoms with Gasteiger partial charge < -0.3 is 5.32 Å². The molecular formula is C19H24N2. The molecule has 1 aromatic carbocycles. The second-order valence-corrected chi connectivity index (χ2v) is 6.30. The third-order valence-corrected chi connectivity index (χ3v) is 4.55. The summed E-state index contributed by atoms with van der Waals surface area (Å²) in [6.07, 6.45) is 6.07. The minimum Gasteiger partial charge on any atom is -0.303 e. The maximum atomic E-state index is 4.15. The molecule has 0 fully saturated rings. The zero-order chi connectivity index (χ0) is 14.8. The molecule has 0 saturated carbocycles. The molecule has 0 radical (unpaired) electrons. The highest BCUT2D eigenvalue weighted by Gasteiger charge is 2.26. The van der Waals surface area contributed by atoms with Gasteiger partial charge in [-0.15, -0.1) is 0 Å². The molecule has 2 heterocycles. The molecule has 0 aliphatic carbocycles. The molecule has 1 aromatic heterocycles. The van der Waals surface area contributed by atoms with Gasteiger partial charge in [-0.2, -0.15) is 0 Å². The Kier molecular flexibility index (Phi) is 4.07. The summed E-state index contributed by atoms with van der Waals surface area (Å²) >= 11 is 0. The Hall–Kier alpha value is -1.67. The standard InChI is InChI=1S/C19H24N2/c1-4-17-11-16-6-5-15(13(2)3)12-18(16)19(21-17)14-7-9-20-10-8-14/h5-10,12-13,17,19,21H,4,11H2,1-3H3. The molecule has 2 nitrogen and oxygen atoms in total. The number of pyridine rings is 1. The molecule has 3 rings (SSSR count). The number of fused-ring (bicyclic) bond motifs is 1. The highest BCUT2D eigenvalue weighted by atomic mass is 15.0. The summed E-state index contributed by atoms with van der Waals surface area (Å²) in [6.45, 7) is 6.78. The summed E-state index contributed by atoms with van der Waals surface area (Å²) in [7, 11) is 0. The SMILES string of the molecule is CCC1Cc2ccc(C(C)C)cc2C(c2ccncc2)N1. The predicted molar refractivity (Wildman–Crippen MR) is 87.5 cm³/mol. The number of nitrogens with one attached hydrogen (secondary N) is 1. The number of hydrogen-bond acceptors (Lipinski definition) is 2. The smallest absolute Gasteiger partial charge is 0.0582 e. The maximum absolute atomic E-state index is 4.15. The fourth-order valence-corrected chi connectivity index (χ4v) is 3.17. The van der Waals surface area contributed by atoms with Crippen LogP contribution in [0.25, 0.3) is 0 Å². The third-order valence-electron chi connectivity index (χ3n) is 4.55. The molecule has 0 saturated heterocycles. The van der Waals surface area contributed by atoms with E-state index in [1.165, 1.54) is 22.3 Å². The van der Waals surface area contributed by atoms with E-state index in [9.17, 15) is 0 Å². The van der Waals surface area contributed by atoms with Crippen molar-refractivity contribution >= 4 is 0 Å². The first kappa shape index (κ1) is 14.3. The molecule has 21 heavy (non-hydrogen) atoms. The van der Waals surface area contributed by atoms with E-state index in [-0.39, 0.29) is 0 Å². The van der Waals surface area contributed by atoms with Gasteiger partial charge >= 0.3 is 0 Å². The number of nitrogens with zero attached hydrogens (tertiary/aromatic N) is 1. The summed E-state index contributed by atoms with van der Waals surface area (Å²) in [5, 5.41) is 3.81. The van der Waals surface area contributed by atoms with Crippen LogP contribution in [-0.4, -0.2) is 11.0 Å². The van der Waals surface area contributed by atoms with Crippen LogP contribution in [0.15, 0.2) is 42.7 Å². The van der Waals surface area contributed by atoms with Gasteiger partial charge in [-0.05, 0) is 53.1 Å². The lowest BCUT2D eigenvalue weighted by Gasteiger charge is -2.34. The first-order valence-corrected chi connectivity index (χ1v) is 7.97. The van der Waals surface area contributed by atoms with Crippen LogP contribution in [0.4, 0.5) is 0 Å². The second kappa shape index (κ2) is 5.98. The lowest BCUT2D eigenvalue weighted by molar-refractivity contribution is 0.427. The van der Waals surface area contributed by atoms with E-state index in [0.717, 1.165) is 12.8 Å². The van der Waals surface area contributed by atoms with E-state index in [4.69, 9.17) is 0 Å². The number of aromatic nitrogens is 1. The molecule has 1 N–H and O–H groups in total. The molecular weight excluding hydrogens is 256 g/mol. The topological polar surface area (TPSA) is 24.9 Å². The molecule has 2 atom stereocenters. The molecule has 0 bridgehead atoms. The third kappa shape index (κ3) is 2.86. The molecule has 110 valence electrons. The second-order valence-electron chi connectivity index (χ2n) is 6.30.